The monoisotopic (exact) mass is 376 g/mol. The Kier molecular flexibility index (Phi) is 6.63. The number of benzene rings is 2. The summed E-state index contributed by atoms with van der Waals surface area (Å²) >= 11 is 0. The summed E-state index contributed by atoms with van der Waals surface area (Å²) in [7, 11) is -3.59. The fourth-order valence-electron chi connectivity index (χ4n) is 2.47. The number of carbonyl (C=O) groups is 1. The Bertz CT molecular complexity index is 836. The van der Waals surface area contributed by atoms with Crippen molar-refractivity contribution in [2.45, 2.75) is 20.4 Å². The molecule has 2 rings (SSSR count). The zero-order valence-corrected chi connectivity index (χ0v) is 16.0. The SMILES string of the molecule is CC(C)CN(Cc1cccc(OS(C)(=O)=O)c1)C(=O)Nc1ccccc1. The second-order valence-corrected chi connectivity index (χ2v) is 8.08. The van der Waals surface area contributed by atoms with Crippen molar-refractivity contribution in [3.8, 4) is 5.75 Å². The van der Waals surface area contributed by atoms with Crippen molar-refractivity contribution in [1.82, 2.24) is 4.90 Å². The number of para-hydroxylation sites is 1. The van der Waals surface area contributed by atoms with Gasteiger partial charge < -0.3 is 14.4 Å². The van der Waals surface area contributed by atoms with Crippen LogP contribution in [0.4, 0.5) is 10.5 Å². The minimum atomic E-state index is -3.59. The van der Waals surface area contributed by atoms with E-state index >= 15 is 0 Å². The van der Waals surface area contributed by atoms with E-state index in [9.17, 15) is 13.2 Å². The Morgan fingerprint density at radius 2 is 1.81 bits per heavy atom. The predicted molar refractivity (Wildman–Crippen MR) is 103 cm³/mol. The van der Waals surface area contributed by atoms with Gasteiger partial charge in [0.2, 0.25) is 0 Å². The van der Waals surface area contributed by atoms with E-state index in [0.717, 1.165) is 17.5 Å². The molecule has 2 aromatic carbocycles. The standard InChI is InChI=1S/C19H24N2O4S/c1-15(2)13-21(19(22)20-17-9-5-4-6-10-17)14-16-8-7-11-18(12-16)25-26(3,23)24/h4-12,15H,13-14H2,1-3H3,(H,20,22). The molecule has 26 heavy (non-hydrogen) atoms. The smallest absolute Gasteiger partial charge is 0.322 e. The van der Waals surface area contributed by atoms with Crippen LogP contribution in [0.3, 0.4) is 0 Å². The van der Waals surface area contributed by atoms with Crippen LogP contribution in [0.25, 0.3) is 0 Å². The van der Waals surface area contributed by atoms with Crippen molar-refractivity contribution in [3.05, 3.63) is 60.2 Å². The lowest BCUT2D eigenvalue weighted by Crippen LogP contribution is -2.37. The van der Waals surface area contributed by atoms with E-state index in [-0.39, 0.29) is 17.7 Å². The first kappa shape index (κ1) is 19.8. The number of amides is 2. The van der Waals surface area contributed by atoms with Crippen LogP contribution in [0.1, 0.15) is 19.4 Å². The number of carbonyl (C=O) groups excluding carboxylic acids is 1. The average Bonchev–Trinajstić information content (AvgIpc) is 2.53. The summed E-state index contributed by atoms with van der Waals surface area (Å²) in [6, 6.07) is 15.8. The number of nitrogens with one attached hydrogen (secondary N) is 1. The topological polar surface area (TPSA) is 75.7 Å². The molecule has 2 aromatic rings. The van der Waals surface area contributed by atoms with Crippen LogP contribution in [0.15, 0.2) is 54.6 Å². The zero-order chi connectivity index (χ0) is 19.2. The highest BCUT2D eigenvalue weighted by Gasteiger charge is 2.16. The van der Waals surface area contributed by atoms with Gasteiger partial charge in [-0.05, 0) is 35.7 Å². The molecule has 0 aliphatic heterocycles. The highest BCUT2D eigenvalue weighted by Crippen LogP contribution is 2.18. The molecule has 0 unspecified atom stereocenters. The minimum absolute atomic E-state index is 0.209. The Morgan fingerprint density at radius 1 is 1.12 bits per heavy atom. The fourth-order valence-corrected chi connectivity index (χ4v) is 2.93. The lowest BCUT2D eigenvalue weighted by Gasteiger charge is -2.25. The average molecular weight is 376 g/mol. The van der Waals surface area contributed by atoms with Gasteiger partial charge in [-0.3, -0.25) is 0 Å². The van der Waals surface area contributed by atoms with Gasteiger partial charge in [0.15, 0.2) is 0 Å². The van der Waals surface area contributed by atoms with E-state index in [4.69, 9.17) is 4.18 Å². The van der Waals surface area contributed by atoms with Gasteiger partial charge in [0, 0.05) is 18.8 Å². The normalized spacial score (nSPS) is 11.2. The zero-order valence-electron chi connectivity index (χ0n) is 15.2. The molecule has 0 saturated carbocycles. The molecule has 0 bridgehead atoms. The van der Waals surface area contributed by atoms with E-state index in [1.807, 2.05) is 50.2 Å². The molecule has 7 heteroatoms. The highest BCUT2D eigenvalue weighted by molar-refractivity contribution is 7.86. The Hall–Kier alpha value is -2.54. The maximum absolute atomic E-state index is 12.7. The van der Waals surface area contributed by atoms with Crippen molar-refractivity contribution in [1.29, 1.82) is 0 Å². The first-order valence-electron chi connectivity index (χ1n) is 8.32. The third-order valence-electron chi connectivity index (χ3n) is 3.42. The highest BCUT2D eigenvalue weighted by atomic mass is 32.2. The molecular formula is C19H24N2O4S. The number of urea groups is 1. The molecule has 0 aliphatic carbocycles. The minimum Gasteiger partial charge on any atom is -0.383 e. The summed E-state index contributed by atoms with van der Waals surface area (Å²) in [5.74, 6) is 0.518. The van der Waals surface area contributed by atoms with Gasteiger partial charge in [-0.1, -0.05) is 44.2 Å². The lowest BCUT2D eigenvalue weighted by molar-refractivity contribution is 0.201. The Balaban J connectivity index is 2.14. The van der Waals surface area contributed by atoms with Crippen molar-refractivity contribution in [2.24, 2.45) is 5.92 Å². The summed E-state index contributed by atoms with van der Waals surface area (Å²) in [4.78, 5) is 14.3. The van der Waals surface area contributed by atoms with Gasteiger partial charge in [-0.25, -0.2) is 4.79 Å². The van der Waals surface area contributed by atoms with Crippen molar-refractivity contribution >= 4 is 21.8 Å². The Labute approximate surface area is 154 Å². The van der Waals surface area contributed by atoms with Crippen LogP contribution < -0.4 is 9.50 Å². The molecule has 1 N–H and O–H groups in total. The second-order valence-electron chi connectivity index (χ2n) is 6.51. The van der Waals surface area contributed by atoms with E-state index in [0.29, 0.717) is 13.1 Å². The molecule has 0 spiro atoms. The van der Waals surface area contributed by atoms with Crippen molar-refractivity contribution in [3.63, 3.8) is 0 Å². The van der Waals surface area contributed by atoms with Gasteiger partial charge in [0.05, 0.1) is 6.26 Å². The van der Waals surface area contributed by atoms with Gasteiger partial charge in [-0.15, -0.1) is 0 Å². The largest absolute Gasteiger partial charge is 0.383 e. The summed E-state index contributed by atoms with van der Waals surface area (Å²) in [5, 5.41) is 2.88. The molecule has 0 saturated heterocycles. The van der Waals surface area contributed by atoms with Crippen LogP contribution >= 0.6 is 0 Å². The molecule has 0 radical (unpaired) electrons. The molecular weight excluding hydrogens is 352 g/mol. The van der Waals surface area contributed by atoms with Crippen LogP contribution in [-0.4, -0.2) is 32.1 Å². The van der Waals surface area contributed by atoms with E-state index in [1.165, 1.54) is 0 Å². The third kappa shape index (κ3) is 6.76. The molecule has 0 fully saturated rings. The number of anilines is 1. The van der Waals surface area contributed by atoms with Crippen LogP contribution in [0, 0.1) is 5.92 Å². The molecule has 0 aliphatic rings. The van der Waals surface area contributed by atoms with Gasteiger partial charge in [0.25, 0.3) is 0 Å². The number of hydrogen-bond acceptors (Lipinski definition) is 4. The molecule has 6 nitrogen and oxygen atoms in total. The molecule has 0 atom stereocenters. The number of rotatable bonds is 7. The molecule has 140 valence electrons. The first-order chi connectivity index (χ1) is 12.2. The molecule has 0 aromatic heterocycles. The fraction of sp³-hybridized carbons (Fsp3) is 0.316. The van der Waals surface area contributed by atoms with E-state index < -0.39 is 10.1 Å². The quantitative estimate of drug-likeness (QED) is 0.748. The second kappa shape index (κ2) is 8.71. The van der Waals surface area contributed by atoms with Gasteiger partial charge >= 0.3 is 16.1 Å². The van der Waals surface area contributed by atoms with Gasteiger partial charge in [-0.2, -0.15) is 8.42 Å². The summed E-state index contributed by atoms with van der Waals surface area (Å²) in [6.07, 6.45) is 0.998. The van der Waals surface area contributed by atoms with Gasteiger partial charge in [0.1, 0.15) is 5.75 Å². The van der Waals surface area contributed by atoms with Crippen LogP contribution in [-0.2, 0) is 16.7 Å². The summed E-state index contributed by atoms with van der Waals surface area (Å²) in [5.41, 5.74) is 1.51. The number of hydrogen-bond donors (Lipinski definition) is 1. The van der Waals surface area contributed by atoms with Crippen LogP contribution in [0.2, 0.25) is 0 Å². The maximum atomic E-state index is 12.7. The third-order valence-corrected chi connectivity index (χ3v) is 3.91. The Morgan fingerprint density at radius 3 is 2.42 bits per heavy atom. The number of nitrogens with zero attached hydrogens (tertiary/aromatic N) is 1. The predicted octanol–water partition coefficient (Wildman–Crippen LogP) is 3.72. The van der Waals surface area contributed by atoms with E-state index in [1.54, 1.807) is 23.1 Å². The van der Waals surface area contributed by atoms with Crippen molar-refractivity contribution in [2.75, 3.05) is 18.1 Å². The molecule has 2 amide bonds. The first-order valence-corrected chi connectivity index (χ1v) is 10.1. The summed E-state index contributed by atoms with van der Waals surface area (Å²) in [6.45, 7) is 4.98. The van der Waals surface area contributed by atoms with E-state index in [2.05, 4.69) is 5.32 Å². The summed E-state index contributed by atoms with van der Waals surface area (Å²) < 4.78 is 27.5. The van der Waals surface area contributed by atoms with Crippen molar-refractivity contribution < 1.29 is 17.4 Å². The lowest BCUT2D eigenvalue weighted by atomic mass is 10.1. The maximum Gasteiger partial charge on any atom is 0.322 e. The van der Waals surface area contributed by atoms with Crippen LogP contribution in [0.5, 0.6) is 5.75 Å². The molecule has 0 heterocycles.